The fourth-order valence-electron chi connectivity index (χ4n) is 4.45. The molecule has 0 radical (unpaired) electrons. The zero-order chi connectivity index (χ0) is 22.0. The number of hydrogen-bond donors (Lipinski definition) is 3. The van der Waals surface area contributed by atoms with Crippen LogP contribution >= 0.6 is 0 Å². The van der Waals surface area contributed by atoms with Gasteiger partial charge in [0, 0.05) is 49.9 Å². The van der Waals surface area contributed by atoms with Crippen LogP contribution in [-0.2, 0) is 4.79 Å². The number of halogens is 1. The quantitative estimate of drug-likeness (QED) is 0.664. The SMILES string of the molecule is CNC(=O)c1ccc(NC2CCN(CC(=O)N3C[C@@H](F)C[C@H]3N)CC2)c2cccnc12. The minimum atomic E-state index is -1.02. The summed E-state index contributed by atoms with van der Waals surface area (Å²) in [5.74, 6) is -0.258. The van der Waals surface area contributed by atoms with Crippen molar-refractivity contribution in [3.63, 3.8) is 0 Å². The molecule has 0 unspecified atom stereocenters. The molecule has 3 heterocycles. The van der Waals surface area contributed by atoms with Crippen molar-refractivity contribution in [1.82, 2.24) is 20.1 Å². The number of anilines is 1. The van der Waals surface area contributed by atoms with Crippen molar-refractivity contribution in [1.29, 1.82) is 0 Å². The van der Waals surface area contributed by atoms with E-state index in [0.717, 1.165) is 37.0 Å². The number of nitrogens with zero attached hydrogens (tertiary/aromatic N) is 3. The zero-order valence-corrected chi connectivity index (χ0v) is 17.7. The van der Waals surface area contributed by atoms with E-state index in [0.29, 0.717) is 11.1 Å². The van der Waals surface area contributed by atoms with Crippen LogP contribution < -0.4 is 16.4 Å². The average molecular weight is 429 g/mol. The second kappa shape index (κ2) is 9.15. The van der Waals surface area contributed by atoms with Gasteiger partial charge in [0.2, 0.25) is 5.91 Å². The summed E-state index contributed by atoms with van der Waals surface area (Å²) in [7, 11) is 1.61. The first-order valence-corrected chi connectivity index (χ1v) is 10.7. The molecule has 2 saturated heterocycles. The van der Waals surface area contributed by atoms with E-state index >= 15 is 0 Å². The van der Waals surface area contributed by atoms with E-state index in [4.69, 9.17) is 5.73 Å². The maximum Gasteiger partial charge on any atom is 0.253 e. The van der Waals surface area contributed by atoms with Crippen LogP contribution in [0.15, 0.2) is 30.5 Å². The zero-order valence-electron chi connectivity index (χ0n) is 17.7. The third-order valence-corrected chi connectivity index (χ3v) is 6.16. The molecule has 2 aliphatic heterocycles. The standard InChI is InChI=1S/C22H29FN6O2/c1-25-22(31)17-4-5-18(16-3-2-8-26-21(16)17)27-15-6-9-28(10-7-15)13-20(30)29-12-14(23)11-19(29)24/h2-5,8,14-15,19,27H,6-7,9-13,24H2,1H3,(H,25,31)/t14-,19-/m0/s1. The van der Waals surface area contributed by atoms with Gasteiger partial charge < -0.3 is 21.3 Å². The molecule has 4 rings (SSSR count). The first-order valence-electron chi connectivity index (χ1n) is 10.7. The monoisotopic (exact) mass is 428 g/mol. The van der Waals surface area contributed by atoms with Crippen molar-refractivity contribution in [3.05, 3.63) is 36.0 Å². The molecule has 0 aliphatic carbocycles. The lowest BCUT2D eigenvalue weighted by atomic mass is 10.0. The van der Waals surface area contributed by atoms with E-state index in [1.54, 1.807) is 19.3 Å². The van der Waals surface area contributed by atoms with Crippen molar-refractivity contribution in [2.24, 2.45) is 5.73 Å². The molecule has 2 aromatic rings. The summed E-state index contributed by atoms with van der Waals surface area (Å²) in [5.41, 5.74) is 8.04. The van der Waals surface area contributed by atoms with Crippen LogP contribution in [0.1, 0.15) is 29.6 Å². The summed E-state index contributed by atoms with van der Waals surface area (Å²) in [6, 6.07) is 7.79. The van der Waals surface area contributed by atoms with Crippen LogP contribution in [-0.4, -0.2) is 78.2 Å². The maximum absolute atomic E-state index is 13.5. The Bertz CT molecular complexity index is 962. The number of carbonyl (C=O) groups is 2. The molecule has 0 saturated carbocycles. The lowest BCUT2D eigenvalue weighted by molar-refractivity contribution is -0.133. The predicted octanol–water partition coefficient (Wildman–Crippen LogP) is 1.33. The van der Waals surface area contributed by atoms with E-state index in [2.05, 4.69) is 20.5 Å². The van der Waals surface area contributed by atoms with Gasteiger partial charge >= 0.3 is 0 Å². The summed E-state index contributed by atoms with van der Waals surface area (Å²) < 4.78 is 13.5. The number of nitrogens with one attached hydrogen (secondary N) is 2. The molecule has 2 aliphatic rings. The fraction of sp³-hybridized carbons (Fsp3) is 0.500. The molecule has 8 nitrogen and oxygen atoms in total. The van der Waals surface area contributed by atoms with Crippen LogP contribution in [0, 0.1) is 0 Å². The minimum absolute atomic E-state index is 0.0964. The smallest absolute Gasteiger partial charge is 0.253 e. The molecule has 2 fully saturated rings. The number of likely N-dealkylation sites (tertiary alicyclic amines) is 2. The molecule has 1 aromatic carbocycles. The van der Waals surface area contributed by atoms with Gasteiger partial charge in [-0.05, 0) is 37.1 Å². The number of amides is 2. The number of carbonyl (C=O) groups excluding carboxylic acids is 2. The van der Waals surface area contributed by atoms with Gasteiger partial charge in [-0.3, -0.25) is 19.5 Å². The molecule has 0 bridgehead atoms. The van der Waals surface area contributed by atoms with E-state index in [1.807, 2.05) is 18.2 Å². The lowest BCUT2D eigenvalue weighted by Gasteiger charge is -2.34. The normalized spacial score (nSPS) is 22.6. The molecule has 4 N–H and O–H groups in total. The van der Waals surface area contributed by atoms with Crippen molar-refractivity contribution in [3.8, 4) is 0 Å². The highest BCUT2D eigenvalue weighted by Gasteiger charge is 2.34. The Balaban J connectivity index is 1.37. The van der Waals surface area contributed by atoms with Crippen molar-refractivity contribution >= 4 is 28.4 Å². The molecule has 2 amide bonds. The first-order chi connectivity index (χ1) is 15.0. The number of piperidine rings is 1. The minimum Gasteiger partial charge on any atom is -0.382 e. The second-order valence-electron chi connectivity index (χ2n) is 8.28. The molecule has 1 aromatic heterocycles. The Morgan fingerprint density at radius 3 is 2.71 bits per heavy atom. The predicted molar refractivity (Wildman–Crippen MR) is 117 cm³/mol. The van der Waals surface area contributed by atoms with Gasteiger partial charge in [0.25, 0.3) is 5.91 Å². The van der Waals surface area contributed by atoms with Gasteiger partial charge in [0.05, 0.1) is 30.3 Å². The van der Waals surface area contributed by atoms with Gasteiger partial charge in [-0.25, -0.2) is 4.39 Å². The topological polar surface area (TPSA) is 104 Å². The number of fused-ring (bicyclic) bond motifs is 1. The summed E-state index contributed by atoms with van der Waals surface area (Å²) in [5, 5.41) is 7.15. The first kappa shape index (κ1) is 21.5. The Hall–Kier alpha value is -2.78. The maximum atomic E-state index is 13.5. The molecule has 31 heavy (non-hydrogen) atoms. The number of pyridine rings is 1. The highest BCUT2D eigenvalue weighted by atomic mass is 19.1. The van der Waals surface area contributed by atoms with Gasteiger partial charge in [0.15, 0.2) is 0 Å². The van der Waals surface area contributed by atoms with E-state index in [1.165, 1.54) is 4.90 Å². The number of benzene rings is 1. The average Bonchev–Trinajstić information content (AvgIpc) is 3.12. The molecular weight excluding hydrogens is 399 g/mol. The molecule has 166 valence electrons. The molecular formula is C22H29FN6O2. The van der Waals surface area contributed by atoms with Crippen LogP contribution in [0.25, 0.3) is 10.9 Å². The van der Waals surface area contributed by atoms with Gasteiger partial charge in [0.1, 0.15) is 6.17 Å². The van der Waals surface area contributed by atoms with E-state index in [9.17, 15) is 14.0 Å². The van der Waals surface area contributed by atoms with Crippen molar-refractivity contribution in [2.75, 3.05) is 38.5 Å². The van der Waals surface area contributed by atoms with E-state index < -0.39 is 12.3 Å². The van der Waals surface area contributed by atoms with Crippen LogP contribution in [0.4, 0.5) is 10.1 Å². The third kappa shape index (κ3) is 4.62. The number of aromatic nitrogens is 1. The second-order valence-corrected chi connectivity index (χ2v) is 8.28. The van der Waals surface area contributed by atoms with E-state index in [-0.39, 0.29) is 37.4 Å². The van der Waals surface area contributed by atoms with Gasteiger partial charge in [-0.1, -0.05) is 0 Å². The Labute approximate surface area is 181 Å². The summed E-state index contributed by atoms with van der Waals surface area (Å²) in [6.07, 6.45) is 2.13. The lowest BCUT2D eigenvalue weighted by Crippen LogP contribution is -2.48. The molecule has 0 spiro atoms. The number of rotatable bonds is 5. The number of hydrogen-bond acceptors (Lipinski definition) is 6. The number of nitrogens with two attached hydrogens (primary N) is 1. The molecule has 9 heteroatoms. The Morgan fingerprint density at radius 2 is 2.03 bits per heavy atom. The Kier molecular flexibility index (Phi) is 6.33. The van der Waals surface area contributed by atoms with Crippen molar-refractivity contribution < 1.29 is 14.0 Å². The van der Waals surface area contributed by atoms with Gasteiger partial charge in [-0.2, -0.15) is 0 Å². The summed E-state index contributed by atoms with van der Waals surface area (Å²) >= 11 is 0. The van der Waals surface area contributed by atoms with Crippen LogP contribution in [0.2, 0.25) is 0 Å². The van der Waals surface area contributed by atoms with Gasteiger partial charge in [-0.15, -0.1) is 0 Å². The van der Waals surface area contributed by atoms with Crippen LogP contribution in [0.5, 0.6) is 0 Å². The van der Waals surface area contributed by atoms with Crippen molar-refractivity contribution in [2.45, 2.75) is 37.6 Å². The summed E-state index contributed by atoms with van der Waals surface area (Å²) in [4.78, 5) is 32.6. The number of alkyl halides is 1. The highest BCUT2D eigenvalue weighted by Crippen LogP contribution is 2.27. The Morgan fingerprint density at radius 1 is 1.26 bits per heavy atom. The van der Waals surface area contributed by atoms with Crippen LogP contribution in [0.3, 0.4) is 0 Å². The highest BCUT2D eigenvalue weighted by molar-refractivity contribution is 6.08. The fourth-order valence-corrected chi connectivity index (χ4v) is 4.45. The molecule has 2 atom stereocenters. The summed E-state index contributed by atoms with van der Waals surface area (Å²) in [6.45, 7) is 1.93. The third-order valence-electron chi connectivity index (χ3n) is 6.16. The largest absolute Gasteiger partial charge is 0.382 e.